The maximum Gasteiger partial charge on any atom is 0.190 e. The second-order valence-electron chi connectivity index (χ2n) is 1.58. The molecule has 0 atom stereocenters. The fourth-order valence-corrected chi connectivity index (χ4v) is 0.483. The van der Waals surface area contributed by atoms with E-state index in [4.69, 9.17) is 10.9 Å². The van der Waals surface area contributed by atoms with Crippen LogP contribution in [0.5, 0.6) is 0 Å². The van der Waals surface area contributed by atoms with Crippen LogP contribution < -0.4 is 5.73 Å². The van der Waals surface area contributed by atoms with E-state index in [-0.39, 0.29) is 63.4 Å². The van der Waals surface area contributed by atoms with Gasteiger partial charge in [-0.05, 0) is 0 Å². The zero-order valence-corrected chi connectivity index (χ0v) is 8.75. The molecular formula is C5H10DyN4NiO. The van der Waals surface area contributed by atoms with Crippen LogP contribution in [0.25, 0.3) is 0 Å². The molecule has 0 amide bonds. The summed E-state index contributed by atoms with van der Waals surface area (Å²) in [6.07, 6.45) is 4.39. The molecule has 1 aromatic heterocycles. The van der Waals surface area contributed by atoms with Crippen LogP contribution in [0.15, 0.2) is 23.7 Å². The molecule has 0 fully saturated rings. The van der Waals surface area contributed by atoms with Gasteiger partial charge in [0.1, 0.15) is 5.69 Å². The summed E-state index contributed by atoms with van der Waals surface area (Å²) in [4.78, 5) is 7.49. The predicted molar refractivity (Wildman–Crippen MR) is 38.8 cm³/mol. The van der Waals surface area contributed by atoms with Crippen molar-refractivity contribution in [3.05, 3.63) is 24.3 Å². The van der Waals surface area contributed by atoms with Crippen molar-refractivity contribution in [1.82, 2.24) is 9.97 Å². The van der Waals surface area contributed by atoms with E-state index >= 15 is 0 Å². The van der Waals surface area contributed by atoms with E-state index in [1.165, 1.54) is 18.6 Å². The SMILES string of the molecule is NC(=NO)c1cnccn1.[Dy].[HH].[HH].[Ni]. The van der Waals surface area contributed by atoms with Gasteiger partial charge in [0.15, 0.2) is 5.84 Å². The topological polar surface area (TPSA) is 84.4 Å². The van der Waals surface area contributed by atoms with Crippen molar-refractivity contribution in [3.8, 4) is 0 Å². The quantitative estimate of drug-likeness (QED) is 0.243. The van der Waals surface area contributed by atoms with E-state index in [1.807, 2.05) is 0 Å². The molecular weight excluding hydrogens is 353 g/mol. The zero-order chi connectivity index (χ0) is 7.40. The number of nitrogens with two attached hydrogens (primary N) is 1. The van der Waals surface area contributed by atoms with Crippen molar-refractivity contribution in [3.63, 3.8) is 0 Å². The van der Waals surface area contributed by atoms with E-state index in [1.54, 1.807) is 0 Å². The molecule has 12 heavy (non-hydrogen) atoms. The van der Waals surface area contributed by atoms with Crippen LogP contribution in [-0.2, 0) is 16.5 Å². The van der Waals surface area contributed by atoms with Gasteiger partial charge in [-0.2, -0.15) is 0 Å². The smallest absolute Gasteiger partial charge is 0.190 e. The third-order valence-electron chi connectivity index (χ3n) is 0.933. The molecule has 1 rings (SSSR count). The first kappa shape index (κ1) is 14.6. The Balaban J connectivity index is -0.000000125. The summed E-state index contributed by atoms with van der Waals surface area (Å²) >= 11 is 0. The Bertz CT molecular complexity index is 251. The fourth-order valence-electron chi connectivity index (χ4n) is 0.483. The van der Waals surface area contributed by atoms with Crippen molar-refractivity contribution in [1.29, 1.82) is 0 Å². The molecule has 0 saturated carbocycles. The molecule has 0 aliphatic rings. The van der Waals surface area contributed by atoms with Gasteiger partial charge in [-0.25, -0.2) is 4.98 Å². The van der Waals surface area contributed by atoms with Crippen LogP contribution in [0.3, 0.4) is 0 Å². The Morgan fingerprint density at radius 3 is 2.67 bits per heavy atom. The predicted octanol–water partition coefficient (Wildman–Crippen LogP) is 0.0606. The minimum atomic E-state index is -0.0342. The van der Waals surface area contributed by atoms with Gasteiger partial charge in [0, 0.05) is 69.9 Å². The molecule has 7 heteroatoms. The summed E-state index contributed by atoms with van der Waals surface area (Å²) < 4.78 is 0. The van der Waals surface area contributed by atoms with Crippen LogP contribution in [-0.4, -0.2) is 21.0 Å². The van der Waals surface area contributed by atoms with Crippen LogP contribution >= 0.6 is 0 Å². The van der Waals surface area contributed by atoms with E-state index in [0.717, 1.165) is 0 Å². The number of hydrogen-bond donors (Lipinski definition) is 2. The minimum Gasteiger partial charge on any atom is -0.409 e. The monoisotopic (exact) mass is 364 g/mol. The van der Waals surface area contributed by atoms with Gasteiger partial charge >= 0.3 is 0 Å². The first-order valence-corrected chi connectivity index (χ1v) is 2.58. The van der Waals surface area contributed by atoms with Crippen molar-refractivity contribution < 1.29 is 62.7 Å². The van der Waals surface area contributed by atoms with Crippen molar-refractivity contribution in [2.24, 2.45) is 10.9 Å². The van der Waals surface area contributed by atoms with Crippen LogP contribution in [0.1, 0.15) is 8.55 Å². The third kappa shape index (κ3) is 4.22. The standard InChI is InChI=1S/C5H6N4O.Dy.Ni.2H2/c6-5(9-10)4-3-7-1-2-8-4;;;;/h1-3,10H,(H2,6,9);;;2*1H. The Hall–Kier alpha value is 0.116. The fraction of sp³-hybridized carbons (Fsp3) is 0. The van der Waals surface area contributed by atoms with Gasteiger partial charge in [0.2, 0.25) is 0 Å². The molecule has 0 aliphatic carbocycles. The van der Waals surface area contributed by atoms with E-state index in [9.17, 15) is 0 Å². The molecule has 76 valence electrons. The van der Waals surface area contributed by atoms with Crippen LogP contribution in [0.4, 0.5) is 0 Å². The molecule has 1 aromatic rings. The summed E-state index contributed by atoms with van der Waals surface area (Å²) in [5.74, 6) is -0.0342. The van der Waals surface area contributed by atoms with Gasteiger partial charge in [0.25, 0.3) is 0 Å². The average molecular weight is 363 g/mol. The normalized spacial score (nSPS) is 9.50. The van der Waals surface area contributed by atoms with E-state index in [0.29, 0.717) is 5.69 Å². The molecule has 1 heterocycles. The van der Waals surface area contributed by atoms with Gasteiger partial charge in [-0.15, -0.1) is 0 Å². The van der Waals surface area contributed by atoms with E-state index in [2.05, 4.69) is 15.1 Å². The average Bonchev–Trinajstić information content (AvgIpc) is 2.05. The summed E-state index contributed by atoms with van der Waals surface area (Å²) in [6.45, 7) is 0. The molecule has 0 aromatic carbocycles. The summed E-state index contributed by atoms with van der Waals surface area (Å²) in [5.41, 5.74) is 5.56. The number of oxime groups is 1. The molecule has 0 radical (unpaired) electrons. The molecule has 0 unspecified atom stereocenters. The maximum absolute atomic E-state index is 8.18. The van der Waals surface area contributed by atoms with Crippen molar-refractivity contribution in [2.45, 2.75) is 0 Å². The largest absolute Gasteiger partial charge is 0.409 e. The Kier molecular flexibility index (Phi) is 9.45. The Labute approximate surface area is 113 Å². The van der Waals surface area contributed by atoms with Crippen molar-refractivity contribution >= 4 is 5.84 Å². The number of nitrogens with zero attached hydrogens (tertiary/aromatic N) is 3. The molecule has 0 bridgehead atoms. The summed E-state index contributed by atoms with van der Waals surface area (Å²) in [7, 11) is 0. The van der Waals surface area contributed by atoms with Gasteiger partial charge in [-0.1, -0.05) is 5.16 Å². The first-order chi connectivity index (χ1) is 4.84. The molecule has 3 N–H and O–H groups in total. The summed E-state index contributed by atoms with van der Waals surface area (Å²) in [5, 5.41) is 10.9. The molecule has 5 nitrogen and oxygen atoms in total. The first-order valence-electron chi connectivity index (χ1n) is 2.58. The maximum atomic E-state index is 8.18. The molecule has 0 spiro atoms. The Morgan fingerprint density at radius 1 is 1.58 bits per heavy atom. The molecule has 0 aliphatic heterocycles. The van der Waals surface area contributed by atoms with Crippen molar-refractivity contribution in [2.75, 3.05) is 0 Å². The number of aromatic nitrogens is 2. The van der Waals surface area contributed by atoms with Gasteiger partial charge < -0.3 is 10.9 Å². The van der Waals surface area contributed by atoms with E-state index < -0.39 is 0 Å². The second-order valence-corrected chi connectivity index (χ2v) is 1.58. The van der Waals surface area contributed by atoms with Crippen LogP contribution in [0.2, 0.25) is 0 Å². The van der Waals surface area contributed by atoms with Gasteiger partial charge in [-0.3, -0.25) is 4.98 Å². The number of hydrogen-bond acceptors (Lipinski definition) is 4. The molecule has 0 saturated heterocycles. The Morgan fingerprint density at radius 2 is 2.25 bits per heavy atom. The summed E-state index contributed by atoms with van der Waals surface area (Å²) in [6, 6.07) is 0. The zero-order valence-electron chi connectivity index (χ0n) is 5.73. The third-order valence-corrected chi connectivity index (χ3v) is 0.933. The van der Waals surface area contributed by atoms with Gasteiger partial charge in [0.05, 0.1) is 6.20 Å². The number of amidine groups is 1. The number of rotatable bonds is 1. The second kappa shape index (κ2) is 7.75. The minimum absolute atomic E-state index is 0. The van der Waals surface area contributed by atoms with Crippen LogP contribution in [0, 0.1) is 38.2 Å².